The van der Waals surface area contributed by atoms with Gasteiger partial charge in [0.1, 0.15) is 0 Å². The number of hydrogen-bond donors (Lipinski definition) is 0. The Bertz CT molecular complexity index is 153. The van der Waals surface area contributed by atoms with Crippen LogP contribution in [-0.2, 0) is 0 Å². The van der Waals surface area contributed by atoms with Gasteiger partial charge in [0.2, 0.25) is 0 Å². The van der Waals surface area contributed by atoms with Gasteiger partial charge in [0.05, 0.1) is 12.5 Å². The first kappa shape index (κ1) is 6.40. The van der Waals surface area contributed by atoms with Crippen LogP contribution in [0.25, 0.3) is 0 Å². The van der Waals surface area contributed by atoms with Crippen molar-refractivity contribution in [2.75, 3.05) is 0 Å². The Labute approximate surface area is 55.7 Å². The summed E-state index contributed by atoms with van der Waals surface area (Å²) < 4.78 is 4.94. The molecule has 1 heterocycles. The molecule has 1 rings (SSSR count). The third-order valence-electron chi connectivity index (χ3n) is 1.72. The minimum Gasteiger partial charge on any atom is -0.472 e. The average Bonchev–Trinajstić information content (AvgIpc) is 2.37. The summed E-state index contributed by atoms with van der Waals surface area (Å²) in [5.41, 5.74) is 1.30. The van der Waals surface area contributed by atoms with Crippen LogP contribution in [0.4, 0.5) is 0 Å². The van der Waals surface area contributed by atoms with E-state index in [9.17, 15) is 0 Å². The van der Waals surface area contributed by atoms with Crippen LogP contribution in [0.3, 0.4) is 0 Å². The maximum atomic E-state index is 4.94. The molecule has 1 heteroatoms. The molecule has 0 saturated heterocycles. The quantitative estimate of drug-likeness (QED) is 0.590. The van der Waals surface area contributed by atoms with Crippen molar-refractivity contribution in [3.8, 4) is 0 Å². The molecule has 0 aromatic carbocycles. The first-order chi connectivity index (χ1) is 4.34. The molecule has 9 heavy (non-hydrogen) atoms. The predicted molar refractivity (Wildman–Crippen MR) is 37.4 cm³/mol. The summed E-state index contributed by atoms with van der Waals surface area (Å²) in [7, 11) is 0. The van der Waals surface area contributed by atoms with Gasteiger partial charge in [-0.05, 0) is 24.0 Å². The van der Waals surface area contributed by atoms with Crippen LogP contribution in [0.1, 0.15) is 31.7 Å². The topological polar surface area (TPSA) is 13.1 Å². The molecular formula is C8H12O. The zero-order valence-electron chi connectivity index (χ0n) is 5.92. The van der Waals surface area contributed by atoms with E-state index in [0.717, 1.165) is 0 Å². The maximum Gasteiger partial charge on any atom is 0.0937 e. The molecular weight excluding hydrogens is 112 g/mol. The lowest BCUT2D eigenvalue weighted by Crippen LogP contribution is -1.85. The average molecular weight is 124 g/mol. The highest BCUT2D eigenvalue weighted by molar-refractivity contribution is 5.10. The lowest BCUT2D eigenvalue weighted by atomic mass is 10.0. The molecule has 1 atom stereocenters. The molecule has 0 amide bonds. The minimum atomic E-state index is 0.642. The second-order valence-electron chi connectivity index (χ2n) is 2.37. The third kappa shape index (κ3) is 1.35. The SMILES string of the molecule is CC[C@@H](C)c1ccoc1. The molecule has 0 radical (unpaired) electrons. The molecule has 0 aliphatic heterocycles. The van der Waals surface area contributed by atoms with Crippen LogP contribution in [-0.4, -0.2) is 0 Å². The van der Waals surface area contributed by atoms with Gasteiger partial charge in [-0.2, -0.15) is 0 Å². The van der Waals surface area contributed by atoms with E-state index in [2.05, 4.69) is 13.8 Å². The van der Waals surface area contributed by atoms with Crippen LogP contribution in [0.2, 0.25) is 0 Å². The summed E-state index contributed by atoms with van der Waals surface area (Å²) in [6, 6.07) is 2.02. The van der Waals surface area contributed by atoms with Gasteiger partial charge in [-0.25, -0.2) is 0 Å². The van der Waals surface area contributed by atoms with Gasteiger partial charge in [-0.3, -0.25) is 0 Å². The summed E-state index contributed by atoms with van der Waals surface area (Å²) in [5.74, 6) is 0.642. The normalized spacial score (nSPS) is 13.6. The van der Waals surface area contributed by atoms with E-state index in [4.69, 9.17) is 4.42 Å². The zero-order valence-corrected chi connectivity index (χ0v) is 5.92. The minimum absolute atomic E-state index is 0.642. The molecule has 0 N–H and O–H groups in total. The Hall–Kier alpha value is -0.720. The highest BCUT2D eigenvalue weighted by atomic mass is 16.3. The molecule has 0 saturated carbocycles. The van der Waals surface area contributed by atoms with Crippen molar-refractivity contribution in [2.45, 2.75) is 26.2 Å². The molecule has 1 nitrogen and oxygen atoms in total. The van der Waals surface area contributed by atoms with Crippen LogP contribution in [0, 0.1) is 0 Å². The lowest BCUT2D eigenvalue weighted by molar-refractivity contribution is 0.559. The summed E-state index contributed by atoms with van der Waals surface area (Å²) in [5, 5.41) is 0. The summed E-state index contributed by atoms with van der Waals surface area (Å²) in [6.07, 6.45) is 4.72. The maximum absolute atomic E-state index is 4.94. The Morgan fingerprint density at radius 1 is 1.67 bits per heavy atom. The van der Waals surface area contributed by atoms with Crippen molar-refractivity contribution in [3.63, 3.8) is 0 Å². The van der Waals surface area contributed by atoms with Crippen molar-refractivity contribution in [1.82, 2.24) is 0 Å². The number of rotatable bonds is 2. The van der Waals surface area contributed by atoms with E-state index in [-0.39, 0.29) is 0 Å². The molecule has 0 fully saturated rings. The third-order valence-corrected chi connectivity index (χ3v) is 1.72. The second kappa shape index (κ2) is 2.72. The van der Waals surface area contributed by atoms with Crippen LogP contribution in [0.15, 0.2) is 23.0 Å². The van der Waals surface area contributed by atoms with Crippen molar-refractivity contribution in [2.24, 2.45) is 0 Å². The van der Waals surface area contributed by atoms with Crippen LogP contribution < -0.4 is 0 Å². The van der Waals surface area contributed by atoms with E-state index < -0.39 is 0 Å². The smallest absolute Gasteiger partial charge is 0.0937 e. The Morgan fingerprint density at radius 2 is 2.44 bits per heavy atom. The Morgan fingerprint density at radius 3 is 2.89 bits per heavy atom. The predicted octanol–water partition coefficient (Wildman–Crippen LogP) is 2.79. The van der Waals surface area contributed by atoms with E-state index in [1.807, 2.05) is 12.3 Å². The molecule has 50 valence electrons. The van der Waals surface area contributed by atoms with Crippen molar-refractivity contribution in [1.29, 1.82) is 0 Å². The second-order valence-corrected chi connectivity index (χ2v) is 2.37. The summed E-state index contributed by atoms with van der Waals surface area (Å²) in [4.78, 5) is 0. The highest BCUT2D eigenvalue weighted by Crippen LogP contribution is 2.17. The fourth-order valence-corrected chi connectivity index (χ4v) is 0.791. The molecule has 0 bridgehead atoms. The standard InChI is InChI=1S/C8H12O/c1-3-7(2)8-4-5-9-6-8/h4-7H,3H2,1-2H3/t7-/m1/s1. The van der Waals surface area contributed by atoms with Crippen LogP contribution in [0.5, 0.6) is 0 Å². The van der Waals surface area contributed by atoms with E-state index in [1.54, 1.807) is 6.26 Å². The first-order valence-electron chi connectivity index (χ1n) is 3.36. The van der Waals surface area contributed by atoms with Crippen LogP contribution >= 0.6 is 0 Å². The van der Waals surface area contributed by atoms with Gasteiger partial charge in [0.15, 0.2) is 0 Å². The van der Waals surface area contributed by atoms with Gasteiger partial charge in [-0.15, -0.1) is 0 Å². The Kier molecular flexibility index (Phi) is 1.93. The fraction of sp³-hybridized carbons (Fsp3) is 0.500. The molecule has 0 unspecified atom stereocenters. The Balaban J connectivity index is 2.65. The van der Waals surface area contributed by atoms with Crippen molar-refractivity contribution >= 4 is 0 Å². The highest BCUT2D eigenvalue weighted by Gasteiger charge is 2.01. The summed E-state index contributed by atoms with van der Waals surface area (Å²) >= 11 is 0. The van der Waals surface area contributed by atoms with E-state index >= 15 is 0 Å². The number of hydrogen-bond acceptors (Lipinski definition) is 1. The van der Waals surface area contributed by atoms with Gasteiger partial charge < -0.3 is 4.42 Å². The lowest BCUT2D eigenvalue weighted by Gasteiger charge is -2.01. The molecule has 1 aromatic rings. The molecule has 0 spiro atoms. The monoisotopic (exact) mass is 124 g/mol. The van der Waals surface area contributed by atoms with E-state index in [0.29, 0.717) is 5.92 Å². The molecule has 0 aliphatic carbocycles. The van der Waals surface area contributed by atoms with Gasteiger partial charge >= 0.3 is 0 Å². The van der Waals surface area contributed by atoms with E-state index in [1.165, 1.54) is 12.0 Å². The van der Waals surface area contributed by atoms with Gasteiger partial charge in [-0.1, -0.05) is 13.8 Å². The van der Waals surface area contributed by atoms with Gasteiger partial charge in [0.25, 0.3) is 0 Å². The zero-order chi connectivity index (χ0) is 6.69. The largest absolute Gasteiger partial charge is 0.472 e. The number of furan rings is 1. The van der Waals surface area contributed by atoms with Gasteiger partial charge in [0, 0.05) is 0 Å². The first-order valence-corrected chi connectivity index (χ1v) is 3.36. The van der Waals surface area contributed by atoms with Crippen molar-refractivity contribution < 1.29 is 4.42 Å². The molecule has 0 aliphatic rings. The fourth-order valence-electron chi connectivity index (χ4n) is 0.791. The van der Waals surface area contributed by atoms with Crippen molar-refractivity contribution in [3.05, 3.63) is 24.2 Å². The molecule has 1 aromatic heterocycles. The summed E-state index contributed by atoms with van der Waals surface area (Å²) in [6.45, 7) is 4.38.